The Hall–Kier alpha value is -3.16. The van der Waals surface area contributed by atoms with Crippen LogP contribution in [0.1, 0.15) is 22.3 Å². The van der Waals surface area contributed by atoms with E-state index in [-0.39, 0.29) is 5.78 Å². The van der Waals surface area contributed by atoms with Gasteiger partial charge in [0, 0.05) is 27.9 Å². The maximum absolute atomic E-state index is 12.4. The van der Waals surface area contributed by atoms with Crippen LogP contribution in [0, 0.1) is 11.3 Å². The van der Waals surface area contributed by atoms with E-state index in [0.717, 1.165) is 16.8 Å². The largest absolute Gasteiger partial charge is 0.289 e. The Morgan fingerprint density at radius 1 is 1.15 bits per heavy atom. The first-order valence-corrected chi connectivity index (χ1v) is 8.53. The third-order valence-electron chi connectivity index (χ3n) is 3.83. The predicted molar refractivity (Wildman–Crippen MR) is 103 cm³/mol. The molecule has 0 bridgehead atoms. The zero-order chi connectivity index (χ0) is 18.4. The van der Waals surface area contributed by atoms with Crippen LogP contribution < -0.4 is 0 Å². The van der Waals surface area contributed by atoms with Crippen LogP contribution in [-0.4, -0.2) is 15.6 Å². The van der Waals surface area contributed by atoms with Crippen LogP contribution in [0.25, 0.3) is 17.3 Å². The predicted octanol–water partition coefficient (Wildman–Crippen LogP) is 5.01. The number of hydrogen-bond acceptors (Lipinski definition) is 3. The zero-order valence-electron chi connectivity index (χ0n) is 14.0. The van der Waals surface area contributed by atoms with Gasteiger partial charge in [-0.1, -0.05) is 41.9 Å². The minimum absolute atomic E-state index is 0.106. The number of carbonyl (C=O) groups excluding carboxylic acids is 1. The maximum atomic E-state index is 12.4. The van der Waals surface area contributed by atoms with Gasteiger partial charge in [0.05, 0.1) is 24.7 Å². The summed E-state index contributed by atoms with van der Waals surface area (Å²) in [4.78, 5) is 12.4. The molecule has 0 N–H and O–H groups in total. The van der Waals surface area contributed by atoms with E-state index < -0.39 is 0 Å². The van der Waals surface area contributed by atoms with Crippen LogP contribution in [0.3, 0.4) is 0 Å². The third kappa shape index (κ3) is 4.27. The second kappa shape index (κ2) is 8.28. The minimum atomic E-state index is -0.106. The second-order valence-corrected chi connectivity index (χ2v) is 6.11. The molecule has 0 atom stereocenters. The van der Waals surface area contributed by atoms with Crippen LogP contribution >= 0.6 is 11.6 Å². The van der Waals surface area contributed by atoms with E-state index in [1.54, 1.807) is 35.0 Å². The van der Waals surface area contributed by atoms with Crippen molar-refractivity contribution in [3.8, 4) is 17.3 Å². The number of rotatable bonds is 6. The van der Waals surface area contributed by atoms with Crippen molar-refractivity contribution in [2.45, 2.75) is 13.0 Å². The van der Waals surface area contributed by atoms with Crippen LogP contribution in [0.4, 0.5) is 0 Å². The lowest BCUT2D eigenvalue weighted by molar-refractivity contribution is 0.104. The van der Waals surface area contributed by atoms with Gasteiger partial charge in [0.1, 0.15) is 0 Å². The first-order valence-electron chi connectivity index (χ1n) is 8.15. The van der Waals surface area contributed by atoms with Gasteiger partial charge in [-0.25, -0.2) is 0 Å². The number of hydrogen-bond donors (Lipinski definition) is 0. The summed E-state index contributed by atoms with van der Waals surface area (Å²) in [6, 6.07) is 18.7. The molecule has 3 aromatic rings. The molecule has 2 aromatic carbocycles. The number of ketones is 1. The van der Waals surface area contributed by atoms with Gasteiger partial charge in [0.25, 0.3) is 0 Å². The molecule has 128 valence electrons. The molecule has 0 saturated carbocycles. The van der Waals surface area contributed by atoms with E-state index >= 15 is 0 Å². The summed E-state index contributed by atoms with van der Waals surface area (Å²) in [7, 11) is 0. The number of aryl methyl sites for hydroxylation is 1. The quantitative estimate of drug-likeness (QED) is 0.458. The first-order chi connectivity index (χ1) is 12.7. The number of benzene rings is 2. The Morgan fingerprint density at radius 3 is 2.58 bits per heavy atom. The molecular weight excluding hydrogens is 346 g/mol. The van der Waals surface area contributed by atoms with Crippen molar-refractivity contribution in [3.05, 3.63) is 83.0 Å². The normalized spacial score (nSPS) is 10.8. The molecule has 0 aliphatic heterocycles. The fraction of sp³-hybridized carbons (Fsp3) is 0.0952. The SMILES string of the molecule is N#CCCn1cc(/C=C/C(=O)c2ccc(Cl)cc2)c(-c2ccccc2)n1. The summed E-state index contributed by atoms with van der Waals surface area (Å²) in [5.41, 5.74) is 3.14. The van der Waals surface area contributed by atoms with Crippen LogP contribution in [0.15, 0.2) is 66.9 Å². The highest BCUT2D eigenvalue weighted by atomic mass is 35.5. The lowest BCUT2D eigenvalue weighted by Gasteiger charge is -1.99. The molecule has 0 saturated heterocycles. The minimum Gasteiger partial charge on any atom is -0.289 e. The summed E-state index contributed by atoms with van der Waals surface area (Å²) in [5.74, 6) is -0.106. The summed E-state index contributed by atoms with van der Waals surface area (Å²) in [5, 5.41) is 13.9. The Kier molecular flexibility index (Phi) is 5.62. The third-order valence-corrected chi connectivity index (χ3v) is 4.08. The van der Waals surface area contributed by atoms with E-state index in [9.17, 15) is 4.79 Å². The van der Waals surface area contributed by atoms with Crippen molar-refractivity contribution in [1.82, 2.24) is 9.78 Å². The van der Waals surface area contributed by atoms with Gasteiger partial charge < -0.3 is 0 Å². The summed E-state index contributed by atoms with van der Waals surface area (Å²) in [6.07, 6.45) is 5.52. The topological polar surface area (TPSA) is 58.7 Å². The molecule has 0 fully saturated rings. The van der Waals surface area contributed by atoms with Crippen LogP contribution in [0.5, 0.6) is 0 Å². The molecule has 0 spiro atoms. The van der Waals surface area contributed by atoms with Gasteiger partial charge in [0.2, 0.25) is 0 Å². The summed E-state index contributed by atoms with van der Waals surface area (Å²) < 4.78 is 1.73. The van der Waals surface area contributed by atoms with Gasteiger partial charge in [-0.3, -0.25) is 9.48 Å². The Morgan fingerprint density at radius 2 is 1.88 bits per heavy atom. The van der Waals surface area contributed by atoms with E-state index in [1.807, 2.05) is 36.5 Å². The van der Waals surface area contributed by atoms with Crippen molar-refractivity contribution in [2.75, 3.05) is 0 Å². The molecule has 3 rings (SSSR count). The van der Waals surface area contributed by atoms with E-state index in [2.05, 4.69) is 11.2 Å². The fourth-order valence-corrected chi connectivity index (χ4v) is 2.66. The number of nitrogens with zero attached hydrogens (tertiary/aromatic N) is 3. The average Bonchev–Trinajstić information content (AvgIpc) is 3.09. The van der Waals surface area contributed by atoms with Gasteiger partial charge in [0.15, 0.2) is 5.78 Å². The number of aromatic nitrogens is 2. The maximum Gasteiger partial charge on any atom is 0.185 e. The number of allylic oxidation sites excluding steroid dienone is 1. The highest BCUT2D eigenvalue weighted by Crippen LogP contribution is 2.23. The van der Waals surface area contributed by atoms with E-state index in [4.69, 9.17) is 16.9 Å². The Bertz CT molecular complexity index is 967. The molecule has 0 aliphatic carbocycles. The molecule has 1 aromatic heterocycles. The molecule has 5 heteroatoms. The van der Waals surface area contributed by atoms with Gasteiger partial charge in [-0.05, 0) is 36.4 Å². The van der Waals surface area contributed by atoms with E-state index in [0.29, 0.717) is 23.6 Å². The lowest BCUT2D eigenvalue weighted by Crippen LogP contribution is -1.97. The van der Waals surface area contributed by atoms with Crippen molar-refractivity contribution >= 4 is 23.5 Å². The molecule has 1 heterocycles. The molecule has 0 radical (unpaired) electrons. The lowest BCUT2D eigenvalue weighted by atomic mass is 10.1. The van der Waals surface area contributed by atoms with Gasteiger partial charge >= 0.3 is 0 Å². The smallest absolute Gasteiger partial charge is 0.185 e. The Balaban J connectivity index is 1.90. The standard InChI is InChI=1S/C21H16ClN3O/c22-19-10-7-16(8-11-19)20(26)12-9-18-15-25(14-4-13-23)24-21(18)17-5-2-1-3-6-17/h1-3,5-12,15H,4,14H2/b12-9+. The van der Waals surface area contributed by atoms with Crippen molar-refractivity contribution in [1.29, 1.82) is 5.26 Å². The average molecular weight is 362 g/mol. The first kappa shape index (κ1) is 17.7. The molecule has 26 heavy (non-hydrogen) atoms. The van der Waals surface area contributed by atoms with Crippen molar-refractivity contribution in [2.24, 2.45) is 0 Å². The zero-order valence-corrected chi connectivity index (χ0v) is 14.7. The molecule has 4 nitrogen and oxygen atoms in total. The number of halogens is 1. The Labute approximate surface area is 157 Å². The van der Waals surface area contributed by atoms with Crippen molar-refractivity contribution in [3.63, 3.8) is 0 Å². The van der Waals surface area contributed by atoms with E-state index in [1.165, 1.54) is 6.08 Å². The molecular formula is C21H16ClN3O. The number of nitriles is 1. The highest BCUT2D eigenvalue weighted by molar-refractivity contribution is 6.30. The number of carbonyl (C=O) groups is 1. The van der Waals surface area contributed by atoms with Crippen LogP contribution in [-0.2, 0) is 6.54 Å². The van der Waals surface area contributed by atoms with Crippen LogP contribution in [0.2, 0.25) is 5.02 Å². The summed E-state index contributed by atoms with van der Waals surface area (Å²) in [6.45, 7) is 0.509. The summed E-state index contributed by atoms with van der Waals surface area (Å²) >= 11 is 5.86. The second-order valence-electron chi connectivity index (χ2n) is 5.67. The van der Waals surface area contributed by atoms with Gasteiger partial charge in [-0.15, -0.1) is 0 Å². The monoisotopic (exact) mass is 361 g/mol. The highest BCUT2D eigenvalue weighted by Gasteiger charge is 2.10. The fourth-order valence-electron chi connectivity index (χ4n) is 2.53. The van der Waals surface area contributed by atoms with Crippen molar-refractivity contribution < 1.29 is 4.79 Å². The molecule has 0 unspecified atom stereocenters. The molecule has 0 amide bonds. The van der Waals surface area contributed by atoms with Gasteiger partial charge in [-0.2, -0.15) is 10.4 Å². The molecule has 0 aliphatic rings.